The number of hydrogen-bond donors (Lipinski definition) is 1. The highest BCUT2D eigenvalue weighted by molar-refractivity contribution is 5.47. The van der Waals surface area contributed by atoms with E-state index >= 15 is 0 Å². The molecule has 1 N–H and O–H groups in total. The van der Waals surface area contributed by atoms with Crippen LogP contribution in [0, 0.1) is 5.41 Å². The topological polar surface area (TPSA) is 29.5 Å². The SMILES string of the molecule is C=CCOc1ccccc1C(O)C1=CC1(C)C. The van der Waals surface area contributed by atoms with Crippen LogP contribution in [0.3, 0.4) is 0 Å². The second-order valence-corrected chi connectivity index (χ2v) is 4.86. The van der Waals surface area contributed by atoms with Crippen molar-refractivity contribution in [3.05, 3.63) is 54.1 Å². The lowest BCUT2D eigenvalue weighted by Gasteiger charge is -2.16. The van der Waals surface area contributed by atoms with Gasteiger partial charge in [0.05, 0.1) is 0 Å². The minimum absolute atomic E-state index is 0.0466. The quantitative estimate of drug-likeness (QED) is 0.787. The molecule has 1 aliphatic rings. The van der Waals surface area contributed by atoms with Gasteiger partial charge in [-0.15, -0.1) is 0 Å². The van der Waals surface area contributed by atoms with Gasteiger partial charge < -0.3 is 9.84 Å². The van der Waals surface area contributed by atoms with Crippen molar-refractivity contribution in [2.75, 3.05) is 6.61 Å². The van der Waals surface area contributed by atoms with Gasteiger partial charge in [0.2, 0.25) is 0 Å². The molecule has 0 spiro atoms. The normalized spacial score (nSPS) is 18.2. The molecule has 90 valence electrons. The lowest BCUT2D eigenvalue weighted by Crippen LogP contribution is -2.05. The van der Waals surface area contributed by atoms with E-state index in [0.717, 1.165) is 16.9 Å². The smallest absolute Gasteiger partial charge is 0.125 e. The van der Waals surface area contributed by atoms with E-state index in [-0.39, 0.29) is 5.41 Å². The van der Waals surface area contributed by atoms with Crippen LogP contribution in [0.2, 0.25) is 0 Å². The summed E-state index contributed by atoms with van der Waals surface area (Å²) in [6.45, 7) is 8.26. The lowest BCUT2D eigenvalue weighted by molar-refractivity contribution is 0.204. The molecule has 0 saturated carbocycles. The van der Waals surface area contributed by atoms with Crippen LogP contribution in [0.4, 0.5) is 0 Å². The Balaban J connectivity index is 2.20. The van der Waals surface area contributed by atoms with Gasteiger partial charge in [0.15, 0.2) is 0 Å². The molecule has 2 heteroatoms. The number of allylic oxidation sites excluding steroid dienone is 1. The fraction of sp³-hybridized carbons (Fsp3) is 0.333. The van der Waals surface area contributed by atoms with Crippen molar-refractivity contribution in [3.63, 3.8) is 0 Å². The van der Waals surface area contributed by atoms with Gasteiger partial charge in [-0.25, -0.2) is 0 Å². The predicted molar refractivity (Wildman–Crippen MR) is 69.0 cm³/mol. The van der Waals surface area contributed by atoms with Crippen LogP contribution in [0.1, 0.15) is 25.5 Å². The second kappa shape index (κ2) is 4.38. The molecule has 0 amide bonds. The van der Waals surface area contributed by atoms with E-state index in [9.17, 15) is 5.11 Å². The average molecular weight is 230 g/mol. The van der Waals surface area contributed by atoms with Crippen molar-refractivity contribution in [2.45, 2.75) is 20.0 Å². The van der Waals surface area contributed by atoms with Crippen molar-refractivity contribution < 1.29 is 9.84 Å². The monoisotopic (exact) mass is 230 g/mol. The third-order valence-corrected chi connectivity index (χ3v) is 3.04. The molecule has 2 rings (SSSR count). The number of hydrogen-bond acceptors (Lipinski definition) is 2. The summed E-state index contributed by atoms with van der Waals surface area (Å²) in [5, 5.41) is 10.3. The molecular formula is C15H18O2. The largest absolute Gasteiger partial charge is 0.489 e. The predicted octanol–water partition coefficient (Wildman–Crippen LogP) is 3.25. The molecule has 17 heavy (non-hydrogen) atoms. The average Bonchev–Trinajstić information content (AvgIpc) is 2.95. The summed E-state index contributed by atoms with van der Waals surface area (Å²) in [5.74, 6) is 0.725. The highest BCUT2D eigenvalue weighted by Gasteiger charge is 2.39. The van der Waals surface area contributed by atoms with Crippen LogP contribution < -0.4 is 4.74 Å². The van der Waals surface area contributed by atoms with Crippen LogP contribution in [0.5, 0.6) is 5.75 Å². The molecular weight excluding hydrogens is 212 g/mol. The zero-order chi connectivity index (χ0) is 12.5. The van der Waals surface area contributed by atoms with Gasteiger partial charge in [-0.2, -0.15) is 0 Å². The van der Waals surface area contributed by atoms with E-state index in [1.807, 2.05) is 24.3 Å². The van der Waals surface area contributed by atoms with Gasteiger partial charge in [-0.3, -0.25) is 0 Å². The fourth-order valence-corrected chi connectivity index (χ4v) is 1.94. The van der Waals surface area contributed by atoms with Crippen LogP contribution in [0.15, 0.2) is 48.6 Å². The first-order valence-electron chi connectivity index (χ1n) is 5.80. The minimum Gasteiger partial charge on any atom is -0.489 e. The second-order valence-electron chi connectivity index (χ2n) is 4.86. The molecule has 0 saturated heterocycles. The van der Waals surface area contributed by atoms with Crippen LogP contribution >= 0.6 is 0 Å². The zero-order valence-corrected chi connectivity index (χ0v) is 10.3. The van der Waals surface area contributed by atoms with Crippen LogP contribution in [-0.4, -0.2) is 11.7 Å². The van der Waals surface area contributed by atoms with Crippen molar-refractivity contribution in [2.24, 2.45) is 5.41 Å². The maximum absolute atomic E-state index is 10.3. The van der Waals surface area contributed by atoms with Crippen molar-refractivity contribution in [1.82, 2.24) is 0 Å². The molecule has 1 aromatic rings. The van der Waals surface area contributed by atoms with Gasteiger partial charge in [0.1, 0.15) is 18.5 Å². The summed E-state index contributed by atoms with van der Waals surface area (Å²) in [5.41, 5.74) is 1.93. The molecule has 2 nitrogen and oxygen atoms in total. The minimum atomic E-state index is -0.564. The maximum Gasteiger partial charge on any atom is 0.125 e. The molecule has 0 fully saturated rings. The van der Waals surface area contributed by atoms with Crippen LogP contribution in [-0.2, 0) is 0 Å². The van der Waals surface area contributed by atoms with E-state index in [1.165, 1.54) is 0 Å². The summed E-state index contributed by atoms with van der Waals surface area (Å²) in [7, 11) is 0. The molecule has 0 heterocycles. The zero-order valence-electron chi connectivity index (χ0n) is 10.3. The van der Waals surface area contributed by atoms with Gasteiger partial charge in [0.25, 0.3) is 0 Å². The van der Waals surface area contributed by atoms with E-state index in [2.05, 4.69) is 26.5 Å². The van der Waals surface area contributed by atoms with Gasteiger partial charge in [0, 0.05) is 11.0 Å². The van der Waals surface area contributed by atoms with Crippen molar-refractivity contribution in [3.8, 4) is 5.75 Å². The highest BCUT2D eigenvalue weighted by atomic mass is 16.5. The number of para-hydroxylation sites is 1. The molecule has 0 radical (unpaired) electrons. The molecule has 0 aliphatic heterocycles. The Morgan fingerprint density at radius 3 is 2.65 bits per heavy atom. The van der Waals surface area contributed by atoms with Crippen LogP contribution in [0.25, 0.3) is 0 Å². The number of benzene rings is 1. The van der Waals surface area contributed by atoms with Gasteiger partial charge >= 0.3 is 0 Å². The Morgan fingerprint density at radius 1 is 1.41 bits per heavy atom. The van der Waals surface area contributed by atoms with Gasteiger partial charge in [-0.1, -0.05) is 50.8 Å². The number of aliphatic hydroxyl groups is 1. The van der Waals surface area contributed by atoms with E-state index in [4.69, 9.17) is 4.74 Å². The molecule has 1 atom stereocenters. The standard InChI is InChI=1S/C15H18O2/c1-4-9-17-13-8-6-5-7-11(13)14(16)12-10-15(12,2)3/h4-8,10,14,16H,1,9H2,2-3H3. The van der Waals surface area contributed by atoms with Gasteiger partial charge in [-0.05, 0) is 11.6 Å². The number of aliphatic hydroxyl groups excluding tert-OH is 1. The first-order valence-corrected chi connectivity index (χ1v) is 5.80. The molecule has 0 aromatic heterocycles. The third kappa shape index (κ3) is 2.42. The summed E-state index contributed by atoms with van der Waals surface area (Å²) >= 11 is 0. The van der Waals surface area contributed by atoms with E-state index in [1.54, 1.807) is 6.08 Å². The first kappa shape index (κ1) is 11.9. The Labute approximate surface area is 102 Å². The molecule has 1 aliphatic carbocycles. The molecule has 1 unspecified atom stereocenters. The maximum atomic E-state index is 10.3. The molecule has 0 bridgehead atoms. The van der Waals surface area contributed by atoms with Crippen molar-refractivity contribution >= 4 is 0 Å². The lowest BCUT2D eigenvalue weighted by atomic mass is 9.98. The molecule has 1 aromatic carbocycles. The number of rotatable bonds is 5. The van der Waals surface area contributed by atoms with E-state index < -0.39 is 6.10 Å². The highest BCUT2D eigenvalue weighted by Crippen LogP contribution is 2.51. The summed E-state index contributed by atoms with van der Waals surface area (Å²) in [4.78, 5) is 0. The Morgan fingerprint density at radius 2 is 2.06 bits per heavy atom. The summed E-state index contributed by atoms with van der Waals surface area (Å²) in [6, 6.07) is 7.59. The number of ether oxygens (including phenoxy) is 1. The summed E-state index contributed by atoms with van der Waals surface area (Å²) < 4.78 is 5.55. The first-order chi connectivity index (χ1) is 8.06. The Bertz CT molecular complexity index is 458. The Hall–Kier alpha value is -1.54. The third-order valence-electron chi connectivity index (χ3n) is 3.04. The Kier molecular flexibility index (Phi) is 3.07. The summed E-state index contributed by atoms with van der Waals surface area (Å²) in [6.07, 6.45) is 3.22. The van der Waals surface area contributed by atoms with Crippen molar-refractivity contribution in [1.29, 1.82) is 0 Å². The fourth-order valence-electron chi connectivity index (χ4n) is 1.94. The van der Waals surface area contributed by atoms with E-state index in [0.29, 0.717) is 6.61 Å².